The average Bonchev–Trinajstić information content (AvgIpc) is 3.39. The Hall–Kier alpha value is -2.42. The Bertz CT molecular complexity index is 827. The minimum atomic E-state index is -0.405. The second-order valence-corrected chi connectivity index (χ2v) is 8.18. The highest BCUT2D eigenvalue weighted by Gasteiger charge is 2.46. The number of hydrogen-bond acceptors (Lipinski definition) is 7. The molecule has 4 rings (SSSR count). The van der Waals surface area contributed by atoms with E-state index in [2.05, 4.69) is 30.4 Å². The molecule has 1 aliphatic carbocycles. The summed E-state index contributed by atoms with van der Waals surface area (Å²) in [5.74, 6) is 0.787. The van der Waals surface area contributed by atoms with Gasteiger partial charge >= 0.3 is 0 Å². The van der Waals surface area contributed by atoms with Crippen molar-refractivity contribution in [2.75, 3.05) is 27.2 Å². The Morgan fingerprint density at radius 2 is 1.96 bits per heavy atom. The quantitative estimate of drug-likeness (QED) is 0.790. The van der Waals surface area contributed by atoms with Crippen molar-refractivity contribution in [2.24, 2.45) is 0 Å². The van der Waals surface area contributed by atoms with Crippen LogP contribution in [0.15, 0.2) is 12.4 Å². The summed E-state index contributed by atoms with van der Waals surface area (Å²) in [4.78, 5) is 25.6. The molecule has 0 bridgehead atoms. The molecule has 1 saturated heterocycles. The zero-order valence-corrected chi connectivity index (χ0v) is 16.9. The van der Waals surface area contributed by atoms with E-state index in [0.29, 0.717) is 24.8 Å². The molecule has 1 unspecified atom stereocenters. The van der Waals surface area contributed by atoms with Gasteiger partial charge in [0, 0.05) is 19.3 Å². The lowest BCUT2D eigenvalue weighted by Gasteiger charge is -2.46. The van der Waals surface area contributed by atoms with Gasteiger partial charge in [0.25, 0.3) is 5.91 Å². The fourth-order valence-corrected chi connectivity index (χ4v) is 4.52. The fraction of sp³-hybridized carbons (Fsp3) is 0.684. The summed E-state index contributed by atoms with van der Waals surface area (Å²) in [5, 5.41) is 12.8. The van der Waals surface area contributed by atoms with Crippen LogP contribution in [0.4, 0.5) is 0 Å². The predicted molar refractivity (Wildman–Crippen MR) is 103 cm³/mol. The summed E-state index contributed by atoms with van der Waals surface area (Å²) in [7, 11) is 4.10. The maximum atomic E-state index is 13.1. The van der Waals surface area contributed by atoms with E-state index in [-0.39, 0.29) is 5.91 Å². The van der Waals surface area contributed by atoms with Crippen LogP contribution in [-0.4, -0.2) is 73.1 Å². The van der Waals surface area contributed by atoms with E-state index < -0.39 is 5.54 Å². The van der Waals surface area contributed by atoms with Crippen molar-refractivity contribution in [3.05, 3.63) is 29.6 Å². The Balaban J connectivity index is 1.65. The molecule has 1 amide bonds. The van der Waals surface area contributed by atoms with Crippen molar-refractivity contribution in [3.8, 4) is 0 Å². The van der Waals surface area contributed by atoms with Gasteiger partial charge in [-0.15, -0.1) is 5.10 Å². The summed E-state index contributed by atoms with van der Waals surface area (Å²) in [5.41, 5.74) is 0.780. The number of carbonyl (C=O) groups excluding carboxylic acids is 1. The Morgan fingerprint density at radius 1 is 1.18 bits per heavy atom. The molecule has 0 aromatic carbocycles. The number of likely N-dealkylation sites (N-methyl/N-ethyl adjacent to an activating group) is 1. The third-order valence-electron chi connectivity index (χ3n) is 6.19. The summed E-state index contributed by atoms with van der Waals surface area (Å²) in [6.07, 6.45) is 9.66. The number of amides is 1. The number of carbonyl (C=O) groups is 1. The van der Waals surface area contributed by atoms with E-state index in [1.165, 1.54) is 12.8 Å². The minimum absolute atomic E-state index is 0.0849. The fourth-order valence-electron chi connectivity index (χ4n) is 4.52. The molecule has 2 fully saturated rings. The number of aryl methyl sites for hydroxylation is 1. The largest absolute Gasteiger partial charge is 0.335 e. The first-order chi connectivity index (χ1) is 13.5. The molecule has 0 N–H and O–H groups in total. The smallest absolute Gasteiger partial charge is 0.274 e. The lowest BCUT2D eigenvalue weighted by molar-refractivity contribution is 0.0246. The first kappa shape index (κ1) is 18.9. The van der Waals surface area contributed by atoms with Crippen LogP contribution in [0.1, 0.15) is 66.6 Å². The number of rotatable bonds is 4. The van der Waals surface area contributed by atoms with Gasteiger partial charge in [-0.25, -0.2) is 9.67 Å². The van der Waals surface area contributed by atoms with Crippen LogP contribution in [0.2, 0.25) is 0 Å². The molecule has 1 atom stereocenters. The standard InChI is InChI=1S/C19H28N8O/c1-14-11-21-16(12-20-14)17(28)26-10-6-9-19(13-26,25(2)3)18-22-23-24-27(18)15-7-4-5-8-15/h11-12,15H,4-10,13H2,1-3H3. The molecule has 2 aliphatic rings. The monoisotopic (exact) mass is 384 g/mol. The van der Waals surface area contributed by atoms with Gasteiger partial charge in [0.2, 0.25) is 0 Å². The number of piperidine rings is 1. The number of nitrogens with zero attached hydrogens (tertiary/aromatic N) is 8. The lowest BCUT2D eigenvalue weighted by Crippen LogP contribution is -2.56. The molecular formula is C19H28N8O. The maximum Gasteiger partial charge on any atom is 0.274 e. The number of tetrazole rings is 1. The molecule has 150 valence electrons. The highest BCUT2D eigenvalue weighted by molar-refractivity contribution is 5.92. The Kier molecular flexibility index (Phi) is 5.09. The first-order valence-corrected chi connectivity index (χ1v) is 10.0. The van der Waals surface area contributed by atoms with E-state index >= 15 is 0 Å². The average molecular weight is 384 g/mol. The van der Waals surface area contributed by atoms with Crippen LogP contribution in [0, 0.1) is 6.92 Å². The van der Waals surface area contributed by atoms with Crippen molar-refractivity contribution in [1.29, 1.82) is 0 Å². The van der Waals surface area contributed by atoms with Crippen LogP contribution in [0.25, 0.3) is 0 Å². The van der Waals surface area contributed by atoms with Crippen LogP contribution >= 0.6 is 0 Å². The number of hydrogen-bond donors (Lipinski definition) is 0. The van der Waals surface area contributed by atoms with E-state index in [9.17, 15) is 4.79 Å². The zero-order valence-electron chi connectivity index (χ0n) is 16.9. The SMILES string of the molecule is Cc1cnc(C(=O)N2CCCC(c3nnnn3C3CCCC3)(N(C)C)C2)cn1. The van der Waals surface area contributed by atoms with Crippen LogP contribution in [0.5, 0.6) is 0 Å². The minimum Gasteiger partial charge on any atom is -0.335 e. The third kappa shape index (κ3) is 3.28. The van der Waals surface area contributed by atoms with E-state index in [1.807, 2.05) is 30.6 Å². The van der Waals surface area contributed by atoms with Gasteiger partial charge in [0.1, 0.15) is 11.2 Å². The molecule has 0 radical (unpaired) electrons. The summed E-state index contributed by atoms with van der Waals surface area (Å²) in [6.45, 7) is 3.11. The van der Waals surface area contributed by atoms with E-state index in [0.717, 1.165) is 37.2 Å². The van der Waals surface area contributed by atoms with Gasteiger partial charge in [0.05, 0.1) is 17.9 Å². The molecule has 3 heterocycles. The molecule has 1 aliphatic heterocycles. The highest BCUT2D eigenvalue weighted by atomic mass is 16.2. The van der Waals surface area contributed by atoms with Gasteiger partial charge in [-0.1, -0.05) is 12.8 Å². The Labute approximate surface area is 165 Å². The van der Waals surface area contributed by atoms with Crippen LogP contribution in [0.3, 0.4) is 0 Å². The summed E-state index contributed by atoms with van der Waals surface area (Å²) >= 11 is 0. The topological polar surface area (TPSA) is 92.9 Å². The van der Waals surface area contributed by atoms with E-state index in [1.54, 1.807) is 12.4 Å². The molecule has 2 aromatic rings. The number of likely N-dealkylation sites (tertiary alicyclic amines) is 1. The lowest BCUT2D eigenvalue weighted by atomic mass is 9.86. The predicted octanol–water partition coefficient (Wildman–Crippen LogP) is 1.58. The second-order valence-electron chi connectivity index (χ2n) is 8.18. The normalized spacial score (nSPS) is 23.5. The zero-order chi connectivity index (χ0) is 19.7. The van der Waals surface area contributed by atoms with Gasteiger partial charge in [-0.05, 0) is 57.1 Å². The maximum absolute atomic E-state index is 13.1. The molecule has 1 saturated carbocycles. The highest BCUT2D eigenvalue weighted by Crippen LogP contribution is 2.38. The van der Waals surface area contributed by atoms with Crippen molar-refractivity contribution in [1.82, 2.24) is 40.0 Å². The summed E-state index contributed by atoms with van der Waals surface area (Å²) < 4.78 is 2.02. The Morgan fingerprint density at radius 3 is 2.64 bits per heavy atom. The van der Waals surface area contributed by atoms with Crippen LogP contribution < -0.4 is 0 Å². The molecule has 9 nitrogen and oxygen atoms in total. The summed E-state index contributed by atoms with van der Waals surface area (Å²) in [6, 6.07) is 0.357. The second kappa shape index (κ2) is 7.54. The number of aromatic nitrogens is 6. The third-order valence-corrected chi connectivity index (χ3v) is 6.19. The van der Waals surface area contributed by atoms with E-state index in [4.69, 9.17) is 0 Å². The van der Waals surface area contributed by atoms with Crippen LogP contribution in [-0.2, 0) is 5.54 Å². The molecule has 0 spiro atoms. The van der Waals surface area contributed by atoms with Crippen molar-refractivity contribution in [3.63, 3.8) is 0 Å². The van der Waals surface area contributed by atoms with Gasteiger partial charge < -0.3 is 4.90 Å². The first-order valence-electron chi connectivity index (χ1n) is 10.0. The molecule has 2 aromatic heterocycles. The van der Waals surface area contributed by atoms with Gasteiger partial charge in [-0.3, -0.25) is 14.7 Å². The van der Waals surface area contributed by atoms with Gasteiger partial charge in [0.15, 0.2) is 5.82 Å². The van der Waals surface area contributed by atoms with Crippen molar-refractivity contribution in [2.45, 2.75) is 57.0 Å². The van der Waals surface area contributed by atoms with Crippen molar-refractivity contribution < 1.29 is 4.79 Å². The molecule has 9 heteroatoms. The molecular weight excluding hydrogens is 356 g/mol. The molecule has 28 heavy (non-hydrogen) atoms. The van der Waals surface area contributed by atoms with Crippen molar-refractivity contribution >= 4 is 5.91 Å². The van der Waals surface area contributed by atoms with Gasteiger partial charge in [-0.2, -0.15) is 0 Å².